The molecule has 0 aromatic carbocycles. The number of carbonyl (C=O) groups excluding carboxylic acids is 1. The number of pyridine rings is 1. The number of nitrogens with zero attached hydrogens (tertiary/aromatic N) is 2. The number of fused-ring (bicyclic) bond motifs is 1. The number of nitrogens with one attached hydrogen (secondary N) is 1. The molecule has 1 fully saturated rings. The highest BCUT2D eigenvalue weighted by Gasteiger charge is 2.45. The van der Waals surface area contributed by atoms with E-state index in [9.17, 15) is 13.2 Å². The van der Waals surface area contributed by atoms with Crippen LogP contribution in [0.4, 0.5) is 0 Å². The highest BCUT2D eigenvalue weighted by Crippen LogP contribution is 2.34. The van der Waals surface area contributed by atoms with Gasteiger partial charge in [0, 0.05) is 26.1 Å². The smallest absolute Gasteiger partial charge is 0.245 e. The number of hydrogen-bond donors (Lipinski definition) is 1. The van der Waals surface area contributed by atoms with Gasteiger partial charge in [-0.3, -0.25) is 9.78 Å². The van der Waals surface area contributed by atoms with Crippen LogP contribution in [0.25, 0.3) is 0 Å². The molecule has 1 spiro atoms. The van der Waals surface area contributed by atoms with Crippen LogP contribution in [-0.4, -0.2) is 49.4 Å². The highest BCUT2D eigenvalue weighted by molar-refractivity contribution is 7.89. The van der Waals surface area contributed by atoms with Crippen LogP contribution in [0.3, 0.4) is 0 Å². The minimum absolute atomic E-state index is 0.0347. The molecule has 2 aliphatic rings. The Labute approximate surface area is 117 Å². The van der Waals surface area contributed by atoms with Gasteiger partial charge in [0.05, 0.1) is 19.3 Å². The van der Waals surface area contributed by atoms with Gasteiger partial charge in [-0.25, -0.2) is 13.1 Å². The first-order valence-electron chi connectivity index (χ1n) is 6.30. The summed E-state index contributed by atoms with van der Waals surface area (Å²) in [7, 11) is -3.62. The SMILES string of the molecule is CC(=O)N1CCC2(CNS(=O)(=O)c3cnccc3O2)C1. The van der Waals surface area contributed by atoms with Gasteiger partial charge in [-0.1, -0.05) is 0 Å². The topological polar surface area (TPSA) is 88.6 Å². The fourth-order valence-electron chi connectivity index (χ4n) is 2.57. The molecule has 1 aromatic heterocycles. The number of aromatic nitrogens is 1. The van der Waals surface area contributed by atoms with Crippen LogP contribution in [0, 0.1) is 0 Å². The minimum atomic E-state index is -3.62. The third-order valence-electron chi connectivity index (χ3n) is 3.71. The molecule has 1 amide bonds. The minimum Gasteiger partial charge on any atom is -0.482 e. The fraction of sp³-hybridized carbons (Fsp3) is 0.500. The standard InChI is InChI=1S/C12H15N3O4S/c1-9(16)15-5-3-12(8-15)7-14-20(17,18)11-6-13-4-2-10(11)19-12/h2,4,6,14H,3,5,7-8H2,1H3. The Bertz CT molecular complexity index is 660. The summed E-state index contributed by atoms with van der Waals surface area (Å²) in [6.45, 7) is 2.59. The summed E-state index contributed by atoms with van der Waals surface area (Å²) in [5.41, 5.74) is -0.703. The number of likely N-dealkylation sites (tertiary alicyclic amines) is 1. The lowest BCUT2D eigenvalue weighted by molar-refractivity contribution is -0.128. The van der Waals surface area contributed by atoms with E-state index in [4.69, 9.17) is 4.74 Å². The van der Waals surface area contributed by atoms with Crippen molar-refractivity contribution in [2.75, 3.05) is 19.6 Å². The van der Waals surface area contributed by atoms with E-state index in [2.05, 4.69) is 9.71 Å². The lowest BCUT2D eigenvalue weighted by atomic mass is 10.0. The molecule has 108 valence electrons. The van der Waals surface area contributed by atoms with E-state index in [0.717, 1.165) is 0 Å². The quantitative estimate of drug-likeness (QED) is 0.713. The molecule has 3 rings (SSSR count). The molecule has 0 saturated carbocycles. The molecule has 7 nitrogen and oxygen atoms in total. The second kappa shape index (κ2) is 4.42. The van der Waals surface area contributed by atoms with E-state index in [1.165, 1.54) is 25.4 Å². The number of hydrogen-bond acceptors (Lipinski definition) is 5. The van der Waals surface area contributed by atoms with Crippen LogP contribution in [0.5, 0.6) is 5.75 Å². The predicted molar refractivity (Wildman–Crippen MR) is 69.7 cm³/mol. The van der Waals surface area contributed by atoms with Crippen LogP contribution in [-0.2, 0) is 14.8 Å². The molecule has 2 aliphatic heterocycles. The second-order valence-corrected chi connectivity index (χ2v) is 6.86. The molecule has 1 N–H and O–H groups in total. The second-order valence-electron chi connectivity index (χ2n) is 5.12. The number of carbonyl (C=O) groups is 1. The summed E-state index contributed by atoms with van der Waals surface area (Å²) < 4.78 is 32.8. The first-order chi connectivity index (χ1) is 9.42. The van der Waals surface area contributed by atoms with E-state index in [1.807, 2.05) is 0 Å². The van der Waals surface area contributed by atoms with Crippen molar-refractivity contribution in [2.45, 2.75) is 23.8 Å². The van der Waals surface area contributed by atoms with E-state index in [1.54, 1.807) is 4.90 Å². The van der Waals surface area contributed by atoms with Gasteiger partial charge < -0.3 is 9.64 Å². The van der Waals surface area contributed by atoms with Gasteiger partial charge in [0.15, 0.2) is 0 Å². The van der Waals surface area contributed by atoms with E-state index in [0.29, 0.717) is 19.5 Å². The van der Waals surface area contributed by atoms with Crippen molar-refractivity contribution in [3.63, 3.8) is 0 Å². The first kappa shape index (κ1) is 13.3. The monoisotopic (exact) mass is 297 g/mol. The molecule has 0 aliphatic carbocycles. The average Bonchev–Trinajstić information content (AvgIpc) is 2.77. The Balaban J connectivity index is 1.98. The Morgan fingerprint density at radius 3 is 3.05 bits per heavy atom. The Kier molecular flexibility index (Phi) is 2.94. The van der Waals surface area contributed by atoms with Crippen LogP contribution in [0.1, 0.15) is 13.3 Å². The van der Waals surface area contributed by atoms with E-state index < -0.39 is 15.6 Å². The molecule has 20 heavy (non-hydrogen) atoms. The summed E-state index contributed by atoms with van der Waals surface area (Å²) in [5, 5.41) is 0. The van der Waals surface area contributed by atoms with Crippen molar-refractivity contribution in [3.8, 4) is 5.75 Å². The number of ether oxygens (including phenoxy) is 1. The van der Waals surface area contributed by atoms with Crippen molar-refractivity contribution in [2.24, 2.45) is 0 Å². The summed E-state index contributed by atoms with van der Waals surface area (Å²) in [6.07, 6.45) is 3.36. The maximum atomic E-state index is 12.1. The van der Waals surface area contributed by atoms with Crippen molar-refractivity contribution in [1.82, 2.24) is 14.6 Å². The summed E-state index contributed by atoms with van der Waals surface area (Å²) >= 11 is 0. The predicted octanol–water partition coefficient (Wildman–Crippen LogP) is -0.257. The van der Waals surface area contributed by atoms with Crippen LogP contribution >= 0.6 is 0 Å². The highest BCUT2D eigenvalue weighted by atomic mass is 32.2. The number of amides is 1. The Morgan fingerprint density at radius 1 is 1.55 bits per heavy atom. The maximum absolute atomic E-state index is 12.1. The lowest BCUT2D eigenvalue weighted by Crippen LogP contribution is -2.47. The fourth-order valence-corrected chi connectivity index (χ4v) is 3.75. The first-order valence-corrected chi connectivity index (χ1v) is 7.78. The molecule has 1 atom stereocenters. The van der Waals surface area contributed by atoms with Gasteiger partial charge in [0.25, 0.3) is 0 Å². The van der Waals surface area contributed by atoms with Crippen LogP contribution in [0.15, 0.2) is 23.4 Å². The van der Waals surface area contributed by atoms with Gasteiger partial charge in [0.1, 0.15) is 16.2 Å². The zero-order chi connectivity index (χ0) is 14.4. The van der Waals surface area contributed by atoms with Crippen molar-refractivity contribution >= 4 is 15.9 Å². The molecule has 0 bridgehead atoms. The third-order valence-corrected chi connectivity index (χ3v) is 5.12. The zero-order valence-corrected chi connectivity index (χ0v) is 11.8. The van der Waals surface area contributed by atoms with Crippen LogP contribution < -0.4 is 9.46 Å². The molecule has 1 saturated heterocycles. The largest absolute Gasteiger partial charge is 0.482 e. The summed E-state index contributed by atoms with van der Waals surface area (Å²) in [5.74, 6) is 0.253. The number of rotatable bonds is 0. The van der Waals surface area contributed by atoms with Crippen molar-refractivity contribution < 1.29 is 17.9 Å². The molecule has 1 unspecified atom stereocenters. The van der Waals surface area contributed by atoms with Gasteiger partial charge in [-0.2, -0.15) is 0 Å². The molecule has 0 radical (unpaired) electrons. The third kappa shape index (κ3) is 2.14. The Morgan fingerprint density at radius 2 is 2.35 bits per heavy atom. The van der Waals surface area contributed by atoms with Crippen molar-refractivity contribution in [1.29, 1.82) is 0 Å². The molecule has 3 heterocycles. The molecule has 1 aromatic rings. The Hall–Kier alpha value is -1.67. The summed E-state index contributed by atoms with van der Waals surface area (Å²) in [4.78, 5) is 17.0. The number of sulfonamides is 1. The average molecular weight is 297 g/mol. The summed E-state index contributed by atoms with van der Waals surface area (Å²) in [6, 6.07) is 1.54. The van der Waals surface area contributed by atoms with Gasteiger partial charge >= 0.3 is 0 Å². The van der Waals surface area contributed by atoms with Gasteiger partial charge in [-0.05, 0) is 6.07 Å². The van der Waals surface area contributed by atoms with Crippen LogP contribution in [0.2, 0.25) is 0 Å². The molecular formula is C12H15N3O4S. The van der Waals surface area contributed by atoms with Crippen molar-refractivity contribution in [3.05, 3.63) is 18.5 Å². The van der Waals surface area contributed by atoms with Gasteiger partial charge in [-0.15, -0.1) is 0 Å². The van der Waals surface area contributed by atoms with E-state index >= 15 is 0 Å². The zero-order valence-electron chi connectivity index (χ0n) is 11.0. The van der Waals surface area contributed by atoms with E-state index in [-0.39, 0.29) is 23.1 Å². The molecule has 8 heteroatoms. The maximum Gasteiger partial charge on any atom is 0.245 e. The lowest BCUT2D eigenvalue weighted by Gasteiger charge is -2.28. The normalized spacial score (nSPS) is 27.8. The molecular weight excluding hydrogens is 282 g/mol. The van der Waals surface area contributed by atoms with Gasteiger partial charge in [0.2, 0.25) is 15.9 Å².